The van der Waals surface area contributed by atoms with Crippen LogP contribution in [-0.4, -0.2) is 56.3 Å². The maximum Gasteiger partial charge on any atom is 0.381 e. The summed E-state index contributed by atoms with van der Waals surface area (Å²) in [7, 11) is -4.53. The van der Waals surface area contributed by atoms with Gasteiger partial charge in [0.2, 0.25) is 6.17 Å². The maximum atomic E-state index is 14.8. The van der Waals surface area contributed by atoms with E-state index in [1.54, 1.807) is 0 Å². The van der Waals surface area contributed by atoms with E-state index >= 15 is 0 Å². The molecule has 0 aliphatic carbocycles. The van der Waals surface area contributed by atoms with Crippen LogP contribution in [-0.2, 0) is 0 Å². The van der Waals surface area contributed by atoms with Gasteiger partial charge >= 0.3 is 23.7 Å². The van der Waals surface area contributed by atoms with Crippen LogP contribution in [0.25, 0.3) is 6.08 Å². The lowest BCUT2D eigenvalue weighted by molar-refractivity contribution is -0.383. The third-order valence-corrected chi connectivity index (χ3v) is 8.40. The van der Waals surface area contributed by atoms with Crippen LogP contribution >= 0.6 is 0 Å². The normalized spacial score (nSPS) is 17.2. The molecule has 3 atom stereocenters. The van der Waals surface area contributed by atoms with Crippen molar-refractivity contribution in [3.05, 3.63) is 36.4 Å². The Bertz CT molecular complexity index is 806. The second-order valence-electron chi connectivity index (χ2n) is 7.45. The second-order valence-corrected chi connectivity index (χ2v) is 11.9. The molecule has 0 amide bonds. The van der Waals surface area contributed by atoms with Gasteiger partial charge in [0.05, 0.1) is 0 Å². The van der Waals surface area contributed by atoms with Crippen molar-refractivity contribution in [2.24, 2.45) is 0 Å². The fourth-order valence-corrected chi connectivity index (χ4v) is 5.75. The fraction of sp³-hybridized carbons (Fsp3) is 0.556. The van der Waals surface area contributed by atoms with Gasteiger partial charge in [0.1, 0.15) is 8.07 Å². The summed E-state index contributed by atoms with van der Waals surface area (Å²) in [6.07, 6.45) is -13.6. The molecule has 0 heterocycles. The van der Waals surface area contributed by atoms with Gasteiger partial charge < -0.3 is 0 Å². The van der Waals surface area contributed by atoms with Gasteiger partial charge in [0, 0.05) is 0 Å². The minimum Gasteiger partial charge on any atom is -0.244 e. The lowest BCUT2D eigenvalue weighted by Crippen LogP contribution is -2.72. The summed E-state index contributed by atoms with van der Waals surface area (Å²) in [6.45, 7) is 4.73. The molecule has 0 N–H and O–H groups in total. The quantitative estimate of drug-likeness (QED) is 0.247. The molecule has 1 rings (SSSR count). The van der Waals surface area contributed by atoms with Gasteiger partial charge in [-0.1, -0.05) is 50.0 Å². The van der Waals surface area contributed by atoms with Crippen LogP contribution in [0.4, 0.5) is 57.1 Å². The number of rotatable bonds is 10. The molecular weight excluding hydrogens is 491 g/mol. The van der Waals surface area contributed by atoms with E-state index in [1.165, 1.54) is 18.2 Å². The monoisotopic (exact) mass is 508 g/mol. The van der Waals surface area contributed by atoms with Crippen LogP contribution in [0.5, 0.6) is 0 Å². The maximum absolute atomic E-state index is 14.8. The van der Waals surface area contributed by atoms with Gasteiger partial charge in [-0.3, -0.25) is 0 Å². The van der Waals surface area contributed by atoms with E-state index in [0.717, 1.165) is 12.1 Å². The average molecular weight is 508 g/mol. The molecule has 14 heteroatoms. The molecule has 0 nitrogen and oxygen atoms in total. The summed E-state index contributed by atoms with van der Waals surface area (Å²) in [6, 6.07) is 4.74. The van der Waals surface area contributed by atoms with Gasteiger partial charge in [0.15, 0.2) is 12.0 Å². The van der Waals surface area contributed by atoms with Crippen molar-refractivity contribution in [3.63, 3.8) is 0 Å². The molecule has 0 saturated heterocycles. The predicted molar refractivity (Wildman–Crippen MR) is 94.1 cm³/mol. The first-order valence-electron chi connectivity index (χ1n) is 8.66. The van der Waals surface area contributed by atoms with Crippen molar-refractivity contribution in [2.45, 2.75) is 61.3 Å². The summed E-state index contributed by atoms with van der Waals surface area (Å²) in [5.74, 6) is -32.5. The lowest BCUT2D eigenvalue weighted by atomic mass is 9.94. The smallest absolute Gasteiger partial charge is 0.244 e. The third-order valence-electron chi connectivity index (χ3n) is 4.93. The Morgan fingerprint density at radius 1 is 0.781 bits per heavy atom. The van der Waals surface area contributed by atoms with Crippen LogP contribution in [0.1, 0.15) is 5.56 Å². The highest BCUT2D eigenvalue weighted by atomic mass is 28.3. The average Bonchev–Trinajstić information content (AvgIpc) is 2.71. The highest BCUT2D eigenvalue weighted by molar-refractivity contribution is 6.91. The topological polar surface area (TPSA) is 0 Å². The van der Waals surface area contributed by atoms with Crippen LogP contribution < -0.4 is 5.19 Å². The van der Waals surface area contributed by atoms with E-state index in [0.29, 0.717) is 13.1 Å². The molecule has 0 bridgehead atoms. The molecule has 0 aliphatic rings. The molecule has 0 radical (unpaired) electrons. The second kappa shape index (κ2) is 8.90. The fourth-order valence-electron chi connectivity index (χ4n) is 2.93. The van der Waals surface area contributed by atoms with E-state index in [4.69, 9.17) is 0 Å². The van der Waals surface area contributed by atoms with E-state index in [2.05, 4.69) is 6.58 Å². The minimum atomic E-state index is -7.45. The summed E-state index contributed by atoms with van der Waals surface area (Å²) in [4.78, 5) is 0. The first kappa shape index (κ1) is 28.3. The summed E-state index contributed by atoms with van der Waals surface area (Å²) in [5.41, 5.74) is -0.0240. The zero-order valence-electron chi connectivity index (χ0n) is 16.3. The zero-order chi connectivity index (χ0) is 25.5. The SMILES string of the molecule is C=Cc1ccccc1[Si](C)(C)C(F)C(F)(F)C(F)(F)C(F)(F)C(F)(F)C(F)C(F)C(F)F. The van der Waals surface area contributed by atoms with Crippen LogP contribution in [0.2, 0.25) is 13.1 Å². The highest BCUT2D eigenvalue weighted by Crippen LogP contribution is 2.56. The van der Waals surface area contributed by atoms with E-state index in [1.807, 2.05) is 0 Å². The number of benzene rings is 1. The Balaban J connectivity index is 3.54. The zero-order valence-corrected chi connectivity index (χ0v) is 17.3. The van der Waals surface area contributed by atoms with Gasteiger partial charge in [-0.05, 0) is 10.8 Å². The van der Waals surface area contributed by atoms with Crippen molar-refractivity contribution in [2.75, 3.05) is 0 Å². The van der Waals surface area contributed by atoms with E-state index in [9.17, 15) is 57.1 Å². The van der Waals surface area contributed by atoms with Gasteiger partial charge in [0.25, 0.3) is 6.43 Å². The number of alkyl halides is 13. The molecule has 1 aromatic rings. The van der Waals surface area contributed by atoms with E-state index in [-0.39, 0.29) is 10.8 Å². The molecule has 0 saturated carbocycles. The third kappa shape index (κ3) is 4.26. The van der Waals surface area contributed by atoms with Crippen LogP contribution in [0.15, 0.2) is 30.8 Å². The highest BCUT2D eigenvalue weighted by Gasteiger charge is 2.85. The Labute approximate surface area is 175 Å². The molecule has 184 valence electrons. The standard InChI is InChI=1S/C18H17F13Si/c1-4-9-7-5-6-8-10(9)32(2,3)14(23)16(26,27)18(30,31)17(28,29)15(24,25)12(20)11(19)13(21)22/h4-8,11-14H,1H2,2-3H3. The molecule has 3 unspecified atom stereocenters. The molecule has 0 aromatic heterocycles. The number of hydrogen-bond donors (Lipinski definition) is 0. The van der Waals surface area contributed by atoms with Crippen molar-refractivity contribution in [1.82, 2.24) is 0 Å². The first-order chi connectivity index (χ1) is 14.2. The largest absolute Gasteiger partial charge is 0.381 e. The Kier molecular flexibility index (Phi) is 7.87. The van der Waals surface area contributed by atoms with Crippen LogP contribution in [0, 0.1) is 0 Å². The van der Waals surface area contributed by atoms with Gasteiger partial charge in [-0.15, -0.1) is 0 Å². The van der Waals surface area contributed by atoms with Gasteiger partial charge in [-0.25, -0.2) is 22.0 Å². The van der Waals surface area contributed by atoms with Crippen LogP contribution in [0.3, 0.4) is 0 Å². The summed E-state index contributed by atoms with van der Waals surface area (Å²) >= 11 is 0. The Morgan fingerprint density at radius 3 is 1.66 bits per heavy atom. The predicted octanol–water partition coefficient (Wildman–Crippen LogP) is 6.60. The molecule has 32 heavy (non-hydrogen) atoms. The van der Waals surface area contributed by atoms with Crippen molar-refractivity contribution in [3.8, 4) is 0 Å². The Hall–Kier alpha value is -1.73. The Morgan fingerprint density at radius 2 is 1.22 bits per heavy atom. The van der Waals surface area contributed by atoms with E-state index < -0.39 is 56.3 Å². The molecule has 1 aromatic carbocycles. The molecule has 0 spiro atoms. The first-order valence-corrected chi connectivity index (χ1v) is 11.7. The van der Waals surface area contributed by atoms with Crippen molar-refractivity contribution >= 4 is 19.3 Å². The molecule has 0 aliphatic heterocycles. The summed E-state index contributed by atoms with van der Waals surface area (Å²) < 4.78 is 177. The minimum absolute atomic E-state index is 0.0240. The van der Waals surface area contributed by atoms with Gasteiger partial charge in [-0.2, -0.15) is 35.1 Å². The van der Waals surface area contributed by atoms with Crippen molar-refractivity contribution < 1.29 is 57.1 Å². The summed E-state index contributed by atoms with van der Waals surface area (Å²) in [5, 5.41) is -0.307. The molecule has 0 fully saturated rings. The number of hydrogen-bond acceptors (Lipinski definition) is 0. The van der Waals surface area contributed by atoms with Crippen molar-refractivity contribution in [1.29, 1.82) is 0 Å². The lowest BCUT2D eigenvalue weighted by Gasteiger charge is -2.42. The molecular formula is C18H17F13Si. The number of halogens is 13.